The number of aromatic nitrogens is 3. The molecule has 2 aromatic heterocycles. The normalized spacial score (nSPS) is 10.9. The summed E-state index contributed by atoms with van der Waals surface area (Å²) in [5, 5.41) is 17.2. The van der Waals surface area contributed by atoms with Crippen LogP contribution in [0.2, 0.25) is 0 Å². The zero-order valence-electron chi connectivity index (χ0n) is 13.0. The van der Waals surface area contributed by atoms with Crippen molar-refractivity contribution in [2.45, 2.75) is 6.54 Å². The molecule has 126 valence electrons. The summed E-state index contributed by atoms with van der Waals surface area (Å²) in [4.78, 5) is 15.9. The Bertz CT molecular complexity index is 908. The predicted octanol–water partition coefficient (Wildman–Crippen LogP) is 2.87. The number of nitrogens with zero attached hydrogens (tertiary/aromatic N) is 4. The lowest BCUT2D eigenvalue weighted by molar-refractivity contribution is 0.0950. The highest BCUT2D eigenvalue weighted by atomic mass is 19.1. The molecule has 0 saturated heterocycles. The number of H-pyrrole nitrogens is 1. The molecule has 4 N–H and O–H groups in total. The second kappa shape index (κ2) is 7.30. The molecule has 3 aromatic rings. The topological polar surface area (TPSA) is 121 Å². The quantitative estimate of drug-likeness (QED) is 0.619. The molecule has 8 nitrogen and oxygen atoms in total. The van der Waals surface area contributed by atoms with Gasteiger partial charge in [-0.15, -0.1) is 5.11 Å². The summed E-state index contributed by atoms with van der Waals surface area (Å²) in [6.45, 7) is 0.128. The number of halogens is 1. The van der Waals surface area contributed by atoms with Crippen molar-refractivity contribution < 1.29 is 9.18 Å². The Morgan fingerprint density at radius 2 is 2.04 bits per heavy atom. The molecule has 0 aliphatic carbocycles. The number of pyridine rings is 1. The maximum absolute atomic E-state index is 13.2. The highest BCUT2D eigenvalue weighted by Gasteiger charge is 2.12. The number of carbonyl (C=O) groups is 1. The zero-order chi connectivity index (χ0) is 17.6. The van der Waals surface area contributed by atoms with Crippen LogP contribution in [0.3, 0.4) is 0 Å². The van der Waals surface area contributed by atoms with E-state index in [-0.39, 0.29) is 18.3 Å². The van der Waals surface area contributed by atoms with Crippen LogP contribution in [0.1, 0.15) is 16.1 Å². The first-order chi connectivity index (χ1) is 12.1. The van der Waals surface area contributed by atoms with Crippen molar-refractivity contribution in [3.05, 3.63) is 65.9 Å². The fourth-order valence-electron chi connectivity index (χ4n) is 2.04. The number of nitrogens with two attached hydrogens (primary N) is 1. The molecule has 0 fully saturated rings. The molecule has 9 heteroatoms. The van der Waals surface area contributed by atoms with Gasteiger partial charge in [0.05, 0.1) is 17.9 Å². The molecule has 2 heterocycles. The molecule has 0 aliphatic rings. The lowest BCUT2D eigenvalue weighted by Gasteiger charge is -2.04. The van der Waals surface area contributed by atoms with Crippen molar-refractivity contribution in [1.29, 1.82) is 0 Å². The van der Waals surface area contributed by atoms with E-state index in [1.54, 1.807) is 18.2 Å². The predicted molar refractivity (Wildman–Crippen MR) is 89.0 cm³/mol. The molecular formula is C16H14FN7O. The molecule has 3 rings (SSSR count). The highest BCUT2D eigenvalue weighted by Crippen LogP contribution is 2.26. The van der Waals surface area contributed by atoms with Crippen LogP contribution in [-0.4, -0.2) is 21.1 Å². The van der Waals surface area contributed by atoms with Crippen LogP contribution in [0.4, 0.5) is 21.6 Å². The van der Waals surface area contributed by atoms with Crippen molar-refractivity contribution in [2.75, 3.05) is 5.73 Å². The molecule has 1 aromatic carbocycles. The molecule has 0 spiro atoms. The Labute approximate surface area is 142 Å². The third-order valence-electron chi connectivity index (χ3n) is 3.28. The van der Waals surface area contributed by atoms with Crippen LogP contribution in [0.5, 0.6) is 0 Å². The maximum Gasteiger partial charge on any atom is 0.251 e. The number of amides is 1. The summed E-state index contributed by atoms with van der Waals surface area (Å²) in [5.41, 5.74) is 7.36. The number of rotatable bonds is 5. The second-order valence-electron chi connectivity index (χ2n) is 5.03. The molecule has 0 bridgehead atoms. The summed E-state index contributed by atoms with van der Waals surface area (Å²) in [5.74, 6) is -0.557. The summed E-state index contributed by atoms with van der Waals surface area (Å²) in [7, 11) is 0. The summed E-state index contributed by atoms with van der Waals surface area (Å²) < 4.78 is 13.2. The molecule has 0 saturated carbocycles. The third kappa shape index (κ3) is 4.02. The van der Waals surface area contributed by atoms with Crippen LogP contribution in [0.25, 0.3) is 0 Å². The van der Waals surface area contributed by atoms with E-state index in [0.29, 0.717) is 22.6 Å². The van der Waals surface area contributed by atoms with Gasteiger partial charge in [-0.1, -0.05) is 6.07 Å². The van der Waals surface area contributed by atoms with E-state index < -0.39 is 5.82 Å². The van der Waals surface area contributed by atoms with Gasteiger partial charge >= 0.3 is 0 Å². The van der Waals surface area contributed by atoms with Gasteiger partial charge < -0.3 is 11.1 Å². The fourth-order valence-corrected chi connectivity index (χ4v) is 2.04. The van der Waals surface area contributed by atoms with Gasteiger partial charge in [0.1, 0.15) is 5.82 Å². The Kier molecular flexibility index (Phi) is 4.74. The van der Waals surface area contributed by atoms with E-state index in [2.05, 4.69) is 30.7 Å². The standard InChI is InChI=1S/C16H14FN7O/c17-11-2-1-3-12(8-11)21-23-14-13(22-24-15(14)18)9-20-16(25)10-4-6-19-7-5-10/h1-8H,9H2,(H,20,25)(H3,18,22,24). The smallest absolute Gasteiger partial charge is 0.251 e. The monoisotopic (exact) mass is 339 g/mol. The van der Waals surface area contributed by atoms with Crippen LogP contribution >= 0.6 is 0 Å². The number of nitrogen functional groups attached to an aromatic ring is 1. The van der Waals surface area contributed by atoms with E-state index in [1.807, 2.05) is 0 Å². The van der Waals surface area contributed by atoms with Crippen molar-refractivity contribution in [3.63, 3.8) is 0 Å². The summed E-state index contributed by atoms with van der Waals surface area (Å²) in [6.07, 6.45) is 3.06. The number of hydrogen-bond acceptors (Lipinski definition) is 6. The lowest BCUT2D eigenvalue weighted by Crippen LogP contribution is -2.23. The average molecular weight is 339 g/mol. The Morgan fingerprint density at radius 3 is 2.80 bits per heavy atom. The van der Waals surface area contributed by atoms with E-state index in [4.69, 9.17) is 5.73 Å². The van der Waals surface area contributed by atoms with E-state index in [0.717, 1.165) is 0 Å². The third-order valence-corrected chi connectivity index (χ3v) is 3.28. The summed E-state index contributed by atoms with van der Waals surface area (Å²) in [6, 6.07) is 8.88. The van der Waals surface area contributed by atoms with Crippen LogP contribution in [0, 0.1) is 5.82 Å². The van der Waals surface area contributed by atoms with E-state index in [1.165, 1.54) is 30.6 Å². The first-order valence-electron chi connectivity index (χ1n) is 7.32. The van der Waals surface area contributed by atoms with Gasteiger partial charge in [-0.3, -0.25) is 14.9 Å². The molecule has 0 atom stereocenters. The maximum atomic E-state index is 13.2. The van der Waals surface area contributed by atoms with Crippen molar-refractivity contribution in [3.8, 4) is 0 Å². The minimum absolute atomic E-state index is 0.128. The van der Waals surface area contributed by atoms with E-state index in [9.17, 15) is 9.18 Å². The van der Waals surface area contributed by atoms with Crippen LogP contribution in [-0.2, 0) is 6.54 Å². The van der Waals surface area contributed by atoms with E-state index >= 15 is 0 Å². The molecular weight excluding hydrogens is 325 g/mol. The molecule has 0 radical (unpaired) electrons. The average Bonchev–Trinajstić information content (AvgIpc) is 2.98. The zero-order valence-corrected chi connectivity index (χ0v) is 13.0. The number of aromatic amines is 1. The Balaban J connectivity index is 1.72. The van der Waals surface area contributed by atoms with Crippen LogP contribution < -0.4 is 11.1 Å². The largest absolute Gasteiger partial charge is 0.380 e. The number of nitrogens with one attached hydrogen (secondary N) is 2. The Morgan fingerprint density at radius 1 is 1.24 bits per heavy atom. The van der Waals surface area contributed by atoms with Gasteiger partial charge in [0.25, 0.3) is 5.91 Å². The SMILES string of the molecule is Nc1n[nH]c(CNC(=O)c2ccncc2)c1N=Nc1cccc(F)c1. The number of anilines is 1. The lowest BCUT2D eigenvalue weighted by atomic mass is 10.2. The number of carbonyl (C=O) groups excluding carboxylic acids is 1. The van der Waals surface area contributed by atoms with Crippen LogP contribution in [0.15, 0.2) is 59.0 Å². The van der Waals surface area contributed by atoms with Gasteiger partial charge in [0.15, 0.2) is 11.5 Å². The van der Waals surface area contributed by atoms with Crippen molar-refractivity contribution >= 4 is 23.1 Å². The summed E-state index contributed by atoms with van der Waals surface area (Å²) >= 11 is 0. The molecule has 1 amide bonds. The number of azo groups is 1. The second-order valence-corrected chi connectivity index (χ2v) is 5.03. The minimum atomic E-state index is -0.415. The van der Waals surface area contributed by atoms with Crippen molar-refractivity contribution in [2.24, 2.45) is 10.2 Å². The van der Waals surface area contributed by atoms with Gasteiger partial charge in [-0.2, -0.15) is 10.2 Å². The first-order valence-corrected chi connectivity index (χ1v) is 7.32. The van der Waals surface area contributed by atoms with Crippen molar-refractivity contribution in [1.82, 2.24) is 20.5 Å². The van der Waals surface area contributed by atoms with Gasteiger partial charge in [0, 0.05) is 24.0 Å². The Hall–Kier alpha value is -3.62. The van der Waals surface area contributed by atoms with Gasteiger partial charge in [-0.25, -0.2) is 4.39 Å². The first kappa shape index (κ1) is 16.2. The fraction of sp³-hybridized carbons (Fsp3) is 0.0625. The number of hydrogen-bond donors (Lipinski definition) is 3. The minimum Gasteiger partial charge on any atom is -0.380 e. The van der Waals surface area contributed by atoms with Gasteiger partial charge in [-0.05, 0) is 24.3 Å². The highest BCUT2D eigenvalue weighted by molar-refractivity contribution is 5.94. The molecule has 25 heavy (non-hydrogen) atoms. The number of benzene rings is 1. The molecule has 0 unspecified atom stereocenters. The van der Waals surface area contributed by atoms with Gasteiger partial charge in [0.2, 0.25) is 0 Å². The molecule has 0 aliphatic heterocycles.